The number of imide groups is 1. The van der Waals surface area contributed by atoms with Gasteiger partial charge in [-0.05, 0) is 67.6 Å². The highest BCUT2D eigenvalue weighted by Crippen LogP contribution is 2.50. The predicted molar refractivity (Wildman–Crippen MR) is 122 cm³/mol. The zero-order chi connectivity index (χ0) is 22.7. The molecule has 2 aliphatic heterocycles. The van der Waals surface area contributed by atoms with Crippen LogP contribution in [-0.2, 0) is 27.3 Å². The van der Waals surface area contributed by atoms with Crippen LogP contribution in [0, 0.1) is 17.2 Å². The van der Waals surface area contributed by atoms with E-state index in [9.17, 15) is 14.9 Å². The number of rotatable bonds is 3. The summed E-state index contributed by atoms with van der Waals surface area (Å²) in [7, 11) is 0. The zero-order valence-electron chi connectivity index (χ0n) is 17.4. The molecule has 1 aromatic carbocycles. The molecule has 3 aromatic rings. The van der Waals surface area contributed by atoms with Crippen LogP contribution in [0.25, 0.3) is 0 Å². The Labute approximate surface area is 198 Å². The van der Waals surface area contributed by atoms with E-state index in [4.69, 9.17) is 20.9 Å². The highest BCUT2D eigenvalue weighted by atomic mass is 35.5. The largest absolute Gasteiger partial charge is 0.467 e. The number of benzene rings is 1. The molecule has 4 heterocycles. The Morgan fingerprint density at radius 3 is 2.61 bits per heavy atom. The lowest BCUT2D eigenvalue weighted by molar-refractivity contribution is -0.126. The van der Waals surface area contributed by atoms with Crippen LogP contribution in [0.15, 0.2) is 47.1 Å². The van der Waals surface area contributed by atoms with Gasteiger partial charge in [-0.1, -0.05) is 11.6 Å². The number of aryl methyl sites for hydroxylation is 1. The number of carbonyl (C=O) groups excluding carboxylic acids is 2. The fourth-order valence-electron chi connectivity index (χ4n) is 5.00. The number of thiophene rings is 1. The van der Waals surface area contributed by atoms with Crippen molar-refractivity contribution in [1.29, 1.82) is 5.26 Å². The highest BCUT2D eigenvalue weighted by molar-refractivity contribution is 7.17. The van der Waals surface area contributed by atoms with Crippen LogP contribution in [0.1, 0.15) is 40.6 Å². The van der Waals surface area contributed by atoms with E-state index in [1.54, 1.807) is 41.5 Å². The molecular formula is C24H18ClN3O4S. The van der Waals surface area contributed by atoms with Crippen molar-refractivity contribution < 1.29 is 18.8 Å². The van der Waals surface area contributed by atoms with Crippen molar-refractivity contribution in [2.45, 2.75) is 37.8 Å². The van der Waals surface area contributed by atoms with Crippen LogP contribution in [-0.4, -0.2) is 17.9 Å². The van der Waals surface area contributed by atoms with Crippen LogP contribution in [0.3, 0.4) is 0 Å². The molecule has 2 amide bonds. The highest BCUT2D eigenvalue weighted by Gasteiger charge is 2.61. The van der Waals surface area contributed by atoms with E-state index < -0.39 is 24.0 Å². The molecule has 1 aliphatic carbocycles. The van der Waals surface area contributed by atoms with Crippen molar-refractivity contribution in [3.05, 3.63) is 69.4 Å². The summed E-state index contributed by atoms with van der Waals surface area (Å²) in [4.78, 5) is 35.6. The third-order valence-corrected chi connectivity index (χ3v) is 8.03. The minimum Gasteiger partial charge on any atom is -0.467 e. The smallest absolute Gasteiger partial charge is 0.267 e. The quantitative estimate of drug-likeness (QED) is 0.502. The third kappa shape index (κ3) is 3.04. The molecule has 0 bridgehead atoms. The summed E-state index contributed by atoms with van der Waals surface area (Å²) in [6.07, 6.45) is 4.24. The average molecular weight is 480 g/mol. The summed E-state index contributed by atoms with van der Waals surface area (Å²) in [6, 6.07) is 12.1. The van der Waals surface area contributed by atoms with Crippen molar-refractivity contribution in [1.82, 2.24) is 0 Å². The van der Waals surface area contributed by atoms with Gasteiger partial charge in [0.1, 0.15) is 28.8 Å². The molecule has 3 aliphatic rings. The fraction of sp³-hybridized carbons (Fsp3) is 0.292. The molecule has 33 heavy (non-hydrogen) atoms. The molecule has 0 unspecified atom stereocenters. The second-order valence-corrected chi connectivity index (χ2v) is 9.85. The minimum absolute atomic E-state index is 0.377. The van der Waals surface area contributed by atoms with Crippen molar-refractivity contribution >= 4 is 45.4 Å². The normalized spacial score (nSPS) is 24.2. The maximum Gasteiger partial charge on any atom is 0.267 e. The van der Waals surface area contributed by atoms with Crippen LogP contribution in [0.2, 0.25) is 5.02 Å². The summed E-state index contributed by atoms with van der Waals surface area (Å²) in [5.41, 5.74) is 2.08. The molecule has 0 radical (unpaired) electrons. The Bertz CT molecular complexity index is 1290. The Morgan fingerprint density at radius 1 is 1.09 bits per heavy atom. The number of carbonyl (C=O) groups is 2. The number of furan rings is 1. The molecule has 2 aromatic heterocycles. The van der Waals surface area contributed by atoms with Crippen molar-refractivity contribution in [3.63, 3.8) is 0 Å². The molecule has 166 valence electrons. The van der Waals surface area contributed by atoms with Crippen molar-refractivity contribution in [2.24, 2.45) is 5.92 Å². The average Bonchev–Trinajstić information content (AvgIpc) is 3.58. The Hall–Kier alpha value is -3.12. The summed E-state index contributed by atoms with van der Waals surface area (Å²) >= 11 is 7.42. The first-order valence-corrected chi connectivity index (χ1v) is 12.0. The van der Waals surface area contributed by atoms with E-state index in [0.29, 0.717) is 27.0 Å². The van der Waals surface area contributed by atoms with Gasteiger partial charge in [-0.2, -0.15) is 5.26 Å². The lowest BCUT2D eigenvalue weighted by atomic mass is 9.94. The number of anilines is 2. The standard InChI is InChI=1S/C24H18ClN3O4S/c25-13-7-9-14(10-8-13)28-20(17-5-3-11-31-17)19-21(32-28)23(30)27(22(19)29)24-16(12-26)15-4-1-2-6-18(15)33-24/h3,5,7-11,19-21H,1-2,4,6H2/t19-,20-,21-/m0/s1. The first kappa shape index (κ1) is 20.5. The Kier molecular flexibility index (Phi) is 4.80. The topological polar surface area (TPSA) is 86.8 Å². The van der Waals surface area contributed by atoms with E-state index in [1.165, 1.54) is 22.5 Å². The lowest BCUT2D eigenvalue weighted by Gasteiger charge is -2.27. The van der Waals surface area contributed by atoms with E-state index >= 15 is 0 Å². The number of hydrogen-bond acceptors (Lipinski definition) is 7. The van der Waals surface area contributed by atoms with Gasteiger partial charge in [0.25, 0.3) is 5.91 Å². The minimum atomic E-state index is -1.01. The van der Waals surface area contributed by atoms with E-state index in [2.05, 4.69) is 6.07 Å². The van der Waals surface area contributed by atoms with E-state index in [1.807, 2.05) is 0 Å². The van der Waals surface area contributed by atoms with Gasteiger partial charge in [-0.25, -0.2) is 9.96 Å². The SMILES string of the molecule is N#Cc1c(N2C(=O)[C@@H]3[C@H](ON(c4ccc(Cl)cc4)[C@H]3c3ccco3)C2=O)sc2c1CCCC2. The summed E-state index contributed by atoms with van der Waals surface area (Å²) < 4.78 is 5.66. The molecule has 0 spiro atoms. The van der Waals surface area contributed by atoms with Crippen LogP contribution >= 0.6 is 22.9 Å². The second kappa shape index (κ2) is 7.73. The monoisotopic (exact) mass is 479 g/mol. The molecule has 2 fully saturated rings. The number of nitriles is 1. The number of hydroxylamine groups is 1. The zero-order valence-corrected chi connectivity index (χ0v) is 18.9. The number of fused-ring (bicyclic) bond motifs is 2. The van der Waals surface area contributed by atoms with Gasteiger partial charge in [0.15, 0.2) is 6.10 Å². The lowest BCUT2D eigenvalue weighted by Crippen LogP contribution is -2.37. The first-order valence-electron chi connectivity index (χ1n) is 10.8. The number of halogens is 1. The van der Waals surface area contributed by atoms with Crippen molar-refractivity contribution in [3.8, 4) is 6.07 Å². The summed E-state index contributed by atoms with van der Waals surface area (Å²) in [5.74, 6) is -1.11. The Morgan fingerprint density at radius 2 is 1.88 bits per heavy atom. The molecule has 3 atom stereocenters. The summed E-state index contributed by atoms with van der Waals surface area (Å²) in [5, 5.41) is 12.4. The number of nitrogens with zero attached hydrogens (tertiary/aromatic N) is 3. The maximum absolute atomic E-state index is 13.7. The molecule has 7 nitrogen and oxygen atoms in total. The molecule has 9 heteroatoms. The first-order chi connectivity index (χ1) is 16.1. The van der Waals surface area contributed by atoms with Gasteiger partial charge in [-0.3, -0.25) is 14.4 Å². The van der Waals surface area contributed by atoms with Gasteiger partial charge in [0.05, 0.1) is 17.5 Å². The molecule has 6 rings (SSSR count). The molecule has 0 saturated carbocycles. The predicted octanol–water partition coefficient (Wildman–Crippen LogP) is 4.80. The molecule has 2 saturated heterocycles. The van der Waals surface area contributed by atoms with Gasteiger partial charge < -0.3 is 4.42 Å². The van der Waals surface area contributed by atoms with E-state index in [0.717, 1.165) is 36.1 Å². The number of amides is 2. The van der Waals surface area contributed by atoms with Crippen molar-refractivity contribution in [2.75, 3.05) is 9.96 Å². The van der Waals surface area contributed by atoms with Gasteiger partial charge in [-0.15, -0.1) is 11.3 Å². The van der Waals surface area contributed by atoms with Crippen LogP contribution in [0.4, 0.5) is 10.7 Å². The van der Waals surface area contributed by atoms with Gasteiger partial charge >= 0.3 is 0 Å². The summed E-state index contributed by atoms with van der Waals surface area (Å²) in [6.45, 7) is 0. The van der Waals surface area contributed by atoms with E-state index in [-0.39, 0.29) is 5.91 Å². The Balaban J connectivity index is 1.42. The number of hydrogen-bond donors (Lipinski definition) is 0. The van der Waals surface area contributed by atoms with Gasteiger partial charge in [0.2, 0.25) is 5.91 Å². The molecular weight excluding hydrogens is 462 g/mol. The fourth-order valence-corrected chi connectivity index (χ4v) is 6.47. The third-order valence-electron chi connectivity index (χ3n) is 6.50. The molecule has 0 N–H and O–H groups in total. The van der Waals surface area contributed by atoms with Crippen LogP contribution in [0.5, 0.6) is 0 Å². The maximum atomic E-state index is 13.7. The van der Waals surface area contributed by atoms with Crippen LogP contribution < -0.4 is 9.96 Å². The van der Waals surface area contributed by atoms with Gasteiger partial charge in [0, 0.05) is 9.90 Å². The second-order valence-electron chi connectivity index (χ2n) is 8.33.